The van der Waals surface area contributed by atoms with Crippen LogP contribution in [0.5, 0.6) is 0 Å². The van der Waals surface area contributed by atoms with E-state index in [0.717, 1.165) is 5.56 Å². The number of aromatic nitrogens is 4. The van der Waals surface area contributed by atoms with Crippen LogP contribution in [0, 0.1) is 0 Å². The van der Waals surface area contributed by atoms with Gasteiger partial charge in [0, 0.05) is 27.0 Å². The Hall–Kier alpha value is -2.45. The number of carbonyl (C=O) groups excluding carboxylic acids is 1. The molecule has 2 aromatic heterocycles. The fourth-order valence-corrected chi connectivity index (χ4v) is 4.25. The van der Waals surface area contributed by atoms with Crippen LogP contribution in [0.15, 0.2) is 60.2 Å². The molecule has 0 fully saturated rings. The first-order valence-corrected chi connectivity index (χ1v) is 10.4. The topological polar surface area (TPSA) is 63.9 Å². The van der Waals surface area contributed by atoms with Gasteiger partial charge in [0.25, 0.3) is 5.91 Å². The summed E-state index contributed by atoms with van der Waals surface area (Å²) in [7, 11) is 0. The second-order valence-electron chi connectivity index (χ2n) is 6.00. The number of hydrogen-bond acceptors (Lipinski definition) is 5. The summed E-state index contributed by atoms with van der Waals surface area (Å²) in [4.78, 5) is 15.5. The molecule has 2 heterocycles. The van der Waals surface area contributed by atoms with E-state index in [1.807, 2.05) is 5.38 Å². The van der Waals surface area contributed by atoms with Crippen molar-refractivity contribution in [1.29, 1.82) is 0 Å². The molecule has 0 spiro atoms. The number of thiophene rings is 1. The number of halogens is 3. The van der Waals surface area contributed by atoms with Gasteiger partial charge in [-0.2, -0.15) is 0 Å². The first kappa shape index (κ1) is 19.8. The van der Waals surface area contributed by atoms with Crippen LogP contribution in [-0.2, 0) is 6.54 Å². The molecule has 0 aliphatic carbocycles. The summed E-state index contributed by atoms with van der Waals surface area (Å²) < 4.78 is 1.54. The molecule has 0 atom stereocenters. The molecular formula is C19H12Cl3N5OS. The van der Waals surface area contributed by atoms with Gasteiger partial charge in [-0.3, -0.25) is 9.69 Å². The van der Waals surface area contributed by atoms with Crippen molar-refractivity contribution >= 4 is 63.4 Å². The molecule has 0 unspecified atom stereocenters. The lowest BCUT2D eigenvalue weighted by atomic mass is 10.2. The van der Waals surface area contributed by atoms with Gasteiger partial charge in [-0.15, -0.1) is 16.4 Å². The third-order valence-corrected chi connectivity index (χ3v) is 6.16. The monoisotopic (exact) mass is 463 g/mol. The highest BCUT2D eigenvalue weighted by atomic mass is 35.5. The van der Waals surface area contributed by atoms with E-state index in [1.165, 1.54) is 17.7 Å². The molecule has 4 rings (SSSR count). The first-order valence-electron chi connectivity index (χ1n) is 8.35. The normalized spacial score (nSPS) is 10.9. The first-order chi connectivity index (χ1) is 14.0. The maximum absolute atomic E-state index is 13.5. The standard InChI is InChI=1S/C19H12Cl3N5OS/c20-13-1-5-15(6-2-13)27(16-7-3-14(21)4-8-16)19(28)18-17(22)12(10-29-18)9-26-11-23-24-25-26/h1-8,10-11H,9H2. The molecule has 0 N–H and O–H groups in total. The van der Waals surface area contributed by atoms with E-state index in [9.17, 15) is 4.79 Å². The Morgan fingerprint density at radius 2 is 1.55 bits per heavy atom. The Balaban J connectivity index is 1.73. The number of benzene rings is 2. The van der Waals surface area contributed by atoms with Crippen molar-refractivity contribution in [3.05, 3.63) is 85.7 Å². The van der Waals surface area contributed by atoms with Gasteiger partial charge in [0.15, 0.2) is 0 Å². The third kappa shape index (κ3) is 4.28. The van der Waals surface area contributed by atoms with Crippen molar-refractivity contribution < 1.29 is 4.79 Å². The summed E-state index contributed by atoms with van der Waals surface area (Å²) in [5, 5.41) is 14.4. The number of nitrogens with zero attached hydrogens (tertiary/aromatic N) is 5. The highest BCUT2D eigenvalue weighted by molar-refractivity contribution is 7.13. The molecule has 0 aliphatic heterocycles. The minimum atomic E-state index is -0.257. The Kier molecular flexibility index (Phi) is 5.82. The zero-order valence-electron chi connectivity index (χ0n) is 14.7. The number of hydrogen-bond donors (Lipinski definition) is 0. The van der Waals surface area contributed by atoms with Crippen molar-refractivity contribution in [2.45, 2.75) is 6.54 Å². The van der Waals surface area contributed by atoms with Gasteiger partial charge in [0.05, 0.1) is 11.6 Å². The minimum absolute atomic E-state index is 0.257. The van der Waals surface area contributed by atoms with E-state index < -0.39 is 0 Å². The largest absolute Gasteiger partial charge is 0.276 e. The second kappa shape index (κ2) is 8.51. The Labute approximate surface area is 185 Å². The third-order valence-electron chi connectivity index (χ3n) is 4.09. The van der Waals surface area contributed by atoms with E-state index >= 15 is 0 Å². The van der Waals surface area contributed by atoms with E-state index in [4.69, 9.17) is 34.8 Å². The van der Waals surface area contributed by atoms with Crippen LogP contribution in [0.4, 0.5) is 11.4 Å². The minimum Gasteiger partial charge on any atom is -0.276 e. The predicted octanol–water partition coefficient (Wildman–Crippen LogP) is 5.72. The molecule has 0 aliphatic rings. The molecule has 29 heavy (non-hydrogen) atoms. The van der Waals surface area contributed by atoms with Crippen LogP contribution in [0.1, 0.15) is 15.2 Å². The van der Waals surface area contributed by atoms with Gasteiger partial charge in [-0.1, -0.05) is 34.8 Å². The van der Waals surface area contributed by atoms with E-state index in [0.29, 0.717) is 37.9 Å². The number of anilines is 2. The van der Waals surface area contributed by atoms with Gasteiger partial charge < -0.3 is 0 Å². The lowest BCUT2D eigenvalue weighted by Crippen LogP contribution is -2.25. The smallest absolute Gasteiger partial charge is 0.274 e. The van der Waals surface area contributed by atoms with Crippen LogP contribution in [0.2, 0.25) is 15.1 Å². The summed E-state index contributed by atoms with van der Waals surface area (Å²) in [5.41, 5.74) is 2.08. The predicted molar refractivity (Wildman–Crippen MR) is 116 cm³/mol. The SMILES string of the molecule is O=C(c1scc(Cn2cnnn2)c1Cl)N(c1ccc(Cl)cc1)c1ccc(Cl)cc1. The molecule has 0 saturated carbocycles. The average Bonchev–Trinajstić information content (AvgIpc) is 3.36. The van der Waals surface area contributed by atoms with Gasteiger partial charge >= 0.3 is 0 Å². The molecule has 0 radical (unpaired) electrons. The van der Waals surface area contributed by atoms with Crippen LogP contribution >= 0.6 is 46.1 Å². The highest BCUT2D eigenvalue weighted by Gasteiger charge is 2.25. The number of tetrazole rings is 1. The van der Waals surface area contributed by atoms with Crippen LogP contribution in [-0.4, -0.2) is 26.1 Å². The van der Waals surface area contributed by atoms with E-state index in [2.05, 4.69) is 15.5 Å². The fourth-order valence-electron chi connectivity index (χ4n) is 2.72. The number of amides is 1. The lowest BCUT2D eigenvalue weighted by Gasteiger charge is -2.23. The van der Waals surface area contributed by atoms with Crippen molar-refractivity contribution in [3.63, 3.8) is 0 Å². The summed E-state index contributed by atoms with van der Waals surface area (Å²) >= 11 is 19.9. The summed E-state index contributed by atoms with van der Waals surface area (Å²) in [5.74, 6) is -0.257. The van der Waals surface area contributed by atoms with Crippen molar-refractivity contribution in [1.82, 2.24) is 20.2 Å². The quantitative estimate of drug-likeness (QED) is 0.379. The molecule has 146 valence electrons. The maximum Gasteiger partial charge on any atom is 0.274 e. The zero-order chi connectivity index (χ0) is 20.4. The number of rotatable bonds is 5. The van der Waals surface area contributed by atoms with Crippen LogP contribution < -0.4 is 4.90 Å². The molecule has 4 aromatic rings. The Morgan fingerprint density at radius 1 is 0.966 bits per heavy atom. The van der Waals surface area contributed by atoms with Crippen molar-refractivity contribution in [3.8, 4) is 0 Å². The van der Waals surface area contributed by atoms with Crippen molar-refractivity contribution in [2.24, 2.45) is 0 Å². The maximum atomic E-state index is 13.5. The van der Waals surface area contributed by atoms with Gasteiger partial charge in [0.2, 0.25) is 0 Å². The lowest BCUT2D eigenvalue weighted by molar-refractivity contribution is 0.100. The Morgan fingerprint density at radius 3 is 2.07 bits per heavy atom. The van der Waals surface area contributed by atoms with Crippen molar-refractivity contribution in [2.75, 3.05) is 4.90 Å². The molecule has 1 amide bonds. The summed E-state index contributed by atoms with van der Waals surface area (Å²) in [6, 6.07) is 14.0. The van der Waals surface area contributed by atoms with Crippen LogP contribution in [0.25, 0.3) is 0 Å². The number of carbonyl (C=O) groups is 1. The zero-order valence-corrected chi connectivity index (χ0v) is 17.8. The molecular weight excluding hydrogens is 453 g/mol. The van der Waals surface area contributed by atoms with E-state index in [1.54, 1.807) is 58.1 Å². The Bertz CT molecular complexity index is 1080. The molecule has 6 nitrogen and oxygen atoms in total. The summed E-state index contributed by atoms with van der Waals surface area (Å²) in [6.45, 7) is 0.373. The highest BCUT2D eigenvalue weighted by Crippen LogP contribution is 2.35. The molecule has 10 heteroatoms. The molecule has 0 saturated heterocycles. The molecule has 0 bridgehead atoms. The van der Waals surface area contributed by atoms with Gasteiger partial charge in [0.1, 0.15) is 11.2 Å². The van der Waals surface area contributed by atoms with Crippen LogP contribution in [0.3, 0.4) is 0 Å². The molecule has 2 aromatic carbocycles. The summed E-state index contributed by atoms with van der Waals surface area (Å²) in [6.07, 6.45) is 1.49. The van der Waals surface area contributed by atoms with Gasteiger partial charge in [-0.25, -0.2) is 4.68 Å². The van der Waals surface area contributed by atoms with Gasteiger partial charge in [-0.05, 0) is 64.3 Å². The second-order valence-corrected chi connectivity index (χ2v) is 8.14. The average molecular weight is 465 g/mol. The fraction of sp³-hybridized carbons (Fsp3) is 0.0526. The van der Waals surface area contributed by atoms with E-state index in [-0.39, 0.29) is 5.91 Å².